The zero-order valence-electron chi connectivity index (χ0n) is 10.3. The van der Waals surface area contributed by atoms with Crippen molar-refractivity contribution in [1.82, 2.24) is 20.0 Å². The molecule has 0 bridgehead atoms. The van der Waals surface area contributed by atoms with Gasteiger partial charge in [0.15, 0.2) is 5.69 Å². The van der Waals surface area contributed by atoms with E-state index in [2.05, 4.69) is 15.3 Å². The van der Waals surface area contributed by atoms with E-state index in [4.69, 9.17) is 4.74 Å². The van der Waals surface area contributed by atoms with Crippen LogP contribution in [0.4, 0.5) is 0 Å². The van der Waals surface area contributed by atoms with Crippen LogP contribution in [-0.4, -0.2) is 33.1 Å². The maximum atomic E-state index is 11.7. The molecule has 0 spiro atoms. The summed E-state index contributed by atoms with van der Waals surface area (Å²) in [6.07, 6.45) is 4.24. The number of ether oxygens (including phenoxy) is 1. The third-order valence-electron chi connectivity index (χ3n) is 2.50. The minimum absolute atomic E-state index is 0.233. The van der Waals surface area contributed by atoms with Crippen LogP contribution in [0.15, 0.2) is 24.5 Å². The predicted molar refractivity (Wildman–Crippen MR) is 64.9 cm³/mol. The normalized spacial score (nSPS) is 10.3. The minimum Gasteiger partial charge on any atom is -0.464 e. The molecule has 0 saturated heterocycles. The number of pyridine rings is 1. The van der Waals surface area contributed by atoms with E-state index in [1.165, 1.54) is 7.11 Å². The Morgan fingerprint density at radius 1 is 1.39 bits per heavy atom. The molecule has 0 N–H and O–H groups in total. The maximum absolute atomic E-state index is 11.7. The molecule has 0 aliphatic heterocycles. The van der Waals surface area contributed by atoms with E-state index in [-0.39, 0.29) is 5.69 Å². The van der Waals surface area contributed by atoms with E-state index in [0.29, 0.717) is 12.2 Å². The Morgan fingerprint density at radius 2 is 2.11 bits per heavy atom. The zero-order valence-corrected chi connectivity index (χ0v) is 10.3. The standard InChI is InChI=1S/C12H14N4O2/c1-3-8-16-11(9-4-6-13-7-5-9)10(14-15-16)12(17)18-2/h4-7H,3,8H2,1-2H3. The number of carbonyl (C=O) groups is 1. The number of aromatic nitrogens is 4. The van der Waals surface area contributed by atoms with Gasteiger partial charge in [0.2, 0.25) is 0 Å². The predicted octanol–water partition coefficient (Wildman–Crippen LogP) is 1.54. The molecule has 0 aliphatic carbocycles. The summed E-state index contributed by atoms with van der Waals surface area (Å²) in [5.74, 6) is -0.482. The molecule has 2 aromatic heterocycles. The molecule has 0 amide bonds. The second-order valence-corrected chi connectivity index (χ2v) is 3.74. The van der Waals surface area contributed by atoms with Gasteiger partial charge in [-0.05, 0) is 18.6 Å². The number of nitrogens with zero attached hydrogens (tertiary/aromatic N) is 4. The molecule has 2 rings (SSSR count). The quantitative estimate of drug-likeness (QED) is 0.765. The van der Waals surface area contributed by atoms with Gasteiger partial charge in [0.25, 0.3) is 0 Å². The number of carbonyl (C=O) groups excluding carboxylic acids is 1. The van der Waals surface area contributed by atoms with Crippen LogP contribution < -0.4 is 0 Å². The van der Waals surface area contributed by atoms with Crippen molar-refractivity contribution in [2.45, 2.75) is 19.9 Å². The molecule has 0 aliphatic rings. The van der Waals surface area contributed by atoms with E-state index in [1.807, 2.05) is 19.1 Å². The summed E-state index contributed by atoms with van der Waals surface area (Å²) >= 11 is 0. The van der Waals surface area contributed by atoms with Crippen LogP contribution in [0.5, 0.6) is 0 Å². The second kappa shape index (κ2) is 5.39. The first-order chi connectivity index (χ1) is 8.77. The summed E-state index contributed by atoms with van der Waals surface area (Å²) in [6.45, 7) is 2.73. The fourth-order valence-corrected chi connectivity index (χ4v) is 1.71. The molecule has 0 radical (unpaired) electrons. The summed E-state index contributed by atoms with van der Waals surface area (Å²) in [6, 6.07) is 3.63. The van der Waals surface area contributed by atoms with Crippen molar-refractivity contribution >= 4 is 5.97 Å². The van der Waals surface area contributed by atoms with Crippen LogP contribution in [0.1, 0.15) is 23.8 Å². The Bertz CT molecular complexity index is 536. The molecule has 6 nitrogen and oxygen atoms in total. The van der Waals surface area contributed by atoms with Crippen molar-refractivity contribution in [3.8, 4) is 11.3 Å². The summed E-state index contributed by atoms with van der Waals surface area (Å²) < 4.78 is 6.43. The molecule has 18 heavy (non-hydrogen) atoms. The summed E-state index contributed by atoms with van der Waals surface area (Å²) in [7, 11) is 1.33. The molecule has 0 saturated carbocycles. The Hall–Kier alpha value is -2.24. The number of rotatable bonds is 4. The fourth-order valence-electron chi connectivity index (χ4n) is 1.71. The average Bonchev–Trinajstić information content (AvgIpc) is 2.83. The highest BCUT2D eigenvalue weighted by Gasteiger charge is 2.21. The van der Waals surface area contributed by atoms with Gasteiger partial charge in [-0.25, -0.2) is 9.48 Å². The van der Waals surface area contributed by atoms with E-state index >= 15 is 0 Å². The topological polar surface area (TPSA) is 69.9 Å². The molecule has 0 aromatic carbocycles. The van der Waals surface area contributed by atoms with E-state index in [0.717, 1.165) is 12.0 Å². The molecule has 2 aromatic rings. The molecule has 0 unspecified atom stereocenters. The van der Waals surface area contributed by atoms with Gasteiger partial charge in [-0.15, -0.1) is 5.10 Å². The lowest BCUT2D eigenvalue weighted by Gasteiger charge is -2.06. The van der Waals surface area contributed by atoms with Crippen molar-refractivity contribution in [3.63, 3.8) is 0 Å². The Kier molecular flexibility index (Phi) is 3.66. The van der Waals surface area contributed by atoms with E-state index < -0.39 is 5.97 Å². The number of aryl methyl sites for hydroxylation is 1. The van der Waals surface area contributed by atoms with Crippen molar-refractivity contribution in [1.29, 1.82) is 0 Å². The summed E-state index contributed by atoms with van der Waals surface area (Å²) in [5, 5.41) is 7.90. The first-order valence-electron chi connectivity index (χ1n) is 5.70. The van der Waals surface area contributed by atoms with Gasteiger partial charge < -0.3 is 4.74 Å². The first-order valence-corrected chi connectivity index (χ1v) is 5.70. The monoisotopic (exact) mass is 246 g/mol. The molecule has 94 valence electrons. The summed E-state index contributed by atoms with van der Waals surface area (Å²) in [4.78, 5) is 15.6. The number of hydrogen-bond acceptors (Lipinski definition) is 5. The van der Waals surface area contributed by atoms with Crippen LogP contribution in [0, 0.1) is 0 Å². The van der Waals surface area contributed by atoms with Crippen LogP contribution in [0.25, 0.3) is 11.3 Å². The lowest BCUT2D eigenvalue weighted by Crippen LogP contribution is -2.06. The van der Waals surface area contributed by atoms with Gasteiger partial charge in [0.05, 0.1) is 7.11 Å². The molecular weight excluding hydrogens is 232 g/mol. The molecule has 0 atom stereocenters. The number of methoxy groups -OCH3 is 1. The maximum Gasteiger partial charge on any atom is 0.360 e. The van der Waals surface area contributed by atoms with E-state index in [1.54, 1.807) is 17.1 Å². The lowest BCUT2D eigenvalue weighted by atomic mass is 10.1. The van der Waals surface area contributed by atoms with Crippen molar-refractivity contribution in [2.24, 2.45) is 0 Å². The largest absolute Gasteiger partial charge is 0.464 e. The van der Waals surface area contributed by atoms with Gasteiger partial charge in [-0.1, -0.05) is 12.1 Å². The number of esters is 1. The molecule has 0 fully saturated rings. The van der Waals surface area contributed by atoms with Gasteiger partial charge in [0.1, 0.15) is 5.69 Å². The fraction of sp³-hybridized carbons (Fsp3) is 0.333. The summed E-state index contributed by atoms with van der Waals surface area (Å²) in [5.41, 5.74) is 1.76. The SMILES string of the molecule is CCCn1nnc(C(=O)OC)c1-c1ccncc1. The Morgan fingerprint density at radius 3 is 2.72 bits per heavy atom. The van der Waals surface area contributed by atoms with Crippen LogP contribution in [0.3, 0.4) is 0 Å². The third-order valence-corrected chi connectivity index (χ3v) is 2.50. The Labute approximate surface area is 105 Å². The molecule has 6 heteroatoms. The third kappa shape index (κ3) is 2.22. The lowest BCUT2D eigenvalue weighted by molar-refractivity contribution is 0.0595. The van der Waals surface area contributed by atoms with Crippen LogP contribution in [-0.2, 0) is 11.3 Å². The Balaban J connectivity index is 2.54. The van der Waals surface area contributed by atoms with Crippen molar-refractivity contribution < 1.29 is 9.53 Å². The van der Waals surface area contributed by atoms with Crippen molar-refractivity contribution in [2.75, 3.05) is 7.11 Å². The zero-order chi connectivity index (χ0) is 13.0. The van der Waals surface area contributed by atoms with Gasteiger partial charge >= 0.3 is 5.97 Å². The first kappa shape index (κ1) is 12.2. The van der Waals surface area contributed by atoms with E-state index in [9.17, 15) is 4.79 Å². The smallest absolute Gasteiger partial charge is 0.360 e. The van der Waals surface area contributed by atoms with Gasteiger partial charge in [0, 0.05) is 24.5 Å². The van der Waals surface area contributed by atoms with Crippen LogP contribution >= 0.6 is 0 Å². The molecular formula is C12H14N4O2. The molecule has 2 heterocycles. The van der Waals surface area contributed by atoms with Gasteiger partial charge in [-0.3, -0.25) is 4.98 Å². The highest BCUT2D eigenvalue weighted by atomic mass is 16.5. The van der Waals surface area contributed by atoms with Crippen LogP contribution in [0.2, 0.25) is 0 Å². The average molecular weight is 246 g/mol. The van der Waals surface area contributed by atoms with Gasteiger partial charge in [-0.2, -0.15) is 0 Å². The highest BCUT2D eigenvalue weighted by molar-refractivity contribution is 5.93. The minimum atomic E-state index is -0.482. The highest BCUT2D eigenvalue weighted by Crippen LogP contribution is 2.22. The van der Waals surface area contributed by atoms with Crippen molar-refractivity contribution in [3.05, 3.63) is 30.2 Å². The second-order valence-electron chi connectivity index (χ2n) is 3.74. The number of hydrogen-bond donors (Lipinski definition) is 0.